The third-order valence-electron chi connectivity index (χ3n) is 2.30. The molecule has 0 radical (unpaired) electrons. The molecule has 2 N–H and O–H groups in total. The van der Waals surface area contributed by atoms with Crippen LogP contribution in [0.3, 0.4) is 0 Å². The van der Waals surface area contributed by atoms with Crippen LogP contribution in [0.5, 0.6) is 5.88 Å². The number of aromatic nitrogens is 4. The number of rotatable bonds is 3. The molecule has 1 amide bonds. The fraction of sp³-hybridized carbons (Fsp3) is 0.333. The number of nitrogens with zero attached hydrogens (tertiary/aromatic N) is 3. The molecule has 0 unspecified atom stereocenters. The minimum atomic E-state index is -0.153. The predicted octanol–water partition coefficient (Wildman–Crippen LogP) is 0.243. The molecule has 0 saturated heterocycles. The summed E-state index contributed by atoms with van der Waals surface area (Å²) in [5.74, 6) is 0.247. The van der Waals surface area contributed by atoms with Crippen molar-refractivity contribution in [2.24, 2.45) is 0 Å². The van der Waals surface area contributed by atoms with Gasteiger partial charge in [0, 0.05) is 7.05 Å². The van der Waals surface area contributed by atoms with Crippen molar-refractivity contribution >= 4 is 29.3 Å². The Morgan fingerprint density at radius 2 is 2.41 bits per heavy atom. The average Bonchev–Trinajstić information content (AvgIpc) is 2.66. The fourth-order valence-electron chi connectivity index (χ4n) is 1.47. The first-order valence-corrected chi connectivity index (χ1v) is 5.26. The number of methoxy groups -OCH3 is 1. The number of aromatic amines is 1. The van der Waals surface area contributed by atoms with E-state index >= 15 is 0 Å². The molecule has 0 aliphatic carbocycles. The van der Waals surface area contributed by atoms with Crippen molar-refractivity contribution in [3.8, 4) is 5.88 Å². The molecule has 8 heteroatoms. The first-order chi connectivity index (χ1) is 8.17. The van der Waals surface area contributed by atoms with Gasteiger partial charge in [0.05, 0.1) is 7.11 Å². The van der Waals surface area contributed by atoms with Gasteiger partial charge in [-0.25, -0.2) is 4.98 Å². The maximum Gasteiger partial charge on any atom is 0.242 e. The van der Waals surface area contributed by atoms with Crippen LogP contribution in [0, 0.1) is 4.77 Å². The van der Waals surface area contributed by atoms with Crippen molar-refractivity contribution in [1.29, 1.82) is 0 Å². The van der Waals surface area contributed by atoms with Crippen LogP contribution in [-0.2, 0) is 11.3 Å². The maximum atomic E-state index is 11.4. The van der Waals surface area contributed by atoms with Gasteiger partial charge in [0.2, 0.25) is 11.8 Å². The fourth-order valence-corrected chi connectivity index (χ4v) is 1.72. The minimum Gasteiger partial charge on any atom is -0.479 e. The minimum absolute atomic E-state index is 0.107. The molecule has 0 atom stereocenters. The summed E-state index contributed by atoms with van der Waals surface area (Å²) >= 11 is 5.13. The van der Waals surface area contributed by atoms with E-state index in [-0.39, 0.29) is 12.5 Å². The summed E-state index contributed by atoms with van der Waals surface area (Å²) in [4.78, 5) is 22.3. The number of nitrogens with one attached hydrogen (secondary N) is 2. The number of imidazole rings is 1. The van der Waals surface area contributed by atoms with E-state index in [2.05, 4.69) is 20.3 Å². The molecule has 17 heavy (non-hydrogen) atoms. The Balaban J connectivity index is 2.60. The van der Waals surface area contributed by atoms with Crippen LogP contribution in [0.25, 0.3) is 11.2 Å². The average molecular weight is 253 g/mol. The summed E-state index contributed by atoms with van der Waals surface area (Å²) in [6, 6.07) is 0. The maximum absolute atomic E-state index is 11.4. The van der Waals surface area contributed by atoms with E-state index in [4.69, 9.17) is 17.0 Å². The smallest absolute Gasteiger partial charge is 0.242 e. The van der Waals surface area contributed by atoms with Crippen molar-refractivity contribution in [1.82, 2.24) is 24.8 Å². The van der Waals surface area contributed by atoms with E-state index in [1.807, 2.05) is 0 Å². The van der Waals surface area contributed by atoms with Crippen molar-refractivity contribution in [2.45, 2.75) is 6.54 Å². The van der Waals surface area contributed by atoms with Crippen LogP contribution >= 0.6 is 12.2 Å². The number of carbonyl (C=O) groups excluding carboxylic acids is 1. The Hall–Kier alpha value is -1.96. The van der Waals surface area contributed by atoms with Crippen LogP contribution in [0.1, 0.15) is 0 Å². The topological polar surface area (TPSA) is 84.8 Å². The Morgan fingerprint density at radius 3 is 3.06 bits per heavy atom. The van der Waals surface area contributed by atoms with Crippen LogP contribution in [0.15, 0.2) is 6.33 Å². The van der Waals surface area contributed by atoms with E-state index in [1.54, 1.807) is 11.6 Å². The van der Waals surface area contributed by atoms with Gasteiger partial charge in [0.25, 0.3) is 0 Å². The molecule has 0 aliphatic heterocycles. The summed E-state index contributed by atoms with van der Waals surface area (Å²) in [5.41, 5.74) is 1.13. The summed E-state index contributed by atoms with van der Waals surface area (Å²) in [5, 5.41) is 2.53. The van der Waals surface area contributed by atoms with Crippen LogP contribution < -0.4 is 10.1 Å². The molecule has 0 aliphatic rings. The number of likely N-dealkylation sites (N-methyl/N-ethyl adjacent to an activating group) is 1. The normalized spacial score (nSPS) is 10.5. The number of amides is 1. The van der Waals surface area contributed by atoms with E-state index in [0.29, 0.717) is 21.8 Å². The van der Waals surface area contributed by atoms with Crippen molar-refractivity contribution in [3.05, 3.63) is 11.1 Å². The lowest BCUT2D eigenvalue weighted by molar-refractivity contribution is -0.121. The molecule has 2 rings (SSSR count). The standard InChI is InChI=1S/C9H11N5O2S/c1-10-5(15)3-14-7-6(13-9(14)17)8(16-2)12-4-11-7/h4H,3H2,1-2H3,(H,10,15)(H,13,17). The van der Waals surface area contributed by atoms with Gasteiger partial charge < -0.3 is 15.0 Å². The molecule has 90 valence electrons. The number of ether oxygens (including phenoxy) is 1. The van der Waals surface area contributed by atoms with Gasteiger partial charge in [-0.15, -0.1) is 0 Å². The quantitative estimate of drug-likeness (QED) is 0.766. The predicted molar refractivity (Wildman–Crippen MR) is 63.3 cm³/mol. The van der Waals surface area contributed by atoms with Crippen molar-refractivity contribution in [2.75, 3.05) is 14.2 Å². The lowest BCUT2D eigenvalue weighted by atomic mass is 10.5. The van der Waals surface area contributed by atoms with E-state index in [9.17, 15) is 4.79 Å². The van der Waals surface area contributed by atoms with Gasteiger partial charge in [-0.2, -0.15) is 4.98 Å². The Bertz CT molecular complexity index is 617. The van der Waals surface area contributed by atoms with Gasteiger partial charge >= 0.3 is 0 Å². The number of hydrogen-bond donors (Lipinski definition) is 2. The zero-order valence-electron chi connectivity index (χ0n) is 9.35. The SMILES string of the molecule is CNC(=O)Cn1c(=S)[nH]c2c(OC)ncnc21. The van der Waals surface area contributed by atoms with Crippen molar-refractivity contribution < 1.29 is 9.53 Å². The number of hydrogen-bond acceptors (Lipinski definition) is 5. The lowest BCUT2D eigenvalue weighted by Crippen LogP contribution is -2.23. The van der Waals surface area contributed by atoms with Gasteiger partial charge in [-0.05, 0) is 12.2 Å². The highest BCUT2D eigenvalue weighted by Gasteiger charge is 2.12. The Kier molecular flexibility index (Phi) is 3.05. The molecule has 7 nitrogen and oxygen atoms in total. The molecule has 0 fully saturated rings. The summed E-state index contributed by atoms with van der Waals surface area (Å²) in [6.45, 7) is 0.107. The number of H-pyrrole nitrogens is 1. The monoisotopic (exact) mass is 253 g/mol. The summed E-state index contributed by atoms with van der Waals surface area (Å²) < 4.78 is 7.08. The molecular formula is C9H11N5O2S. The number of carbonyl (C=O) groups is 1. The first kappa shape index (κ1) is 11.5. The lowest BCUT2D eigenvalue weighted by Gasteiger charge is -2.02. The highest BCUT2D eigenvalue weighted by atomic mass is 32.1. The second kappa shape index (κ2) is 4.50. The van der Waals surface area contributed by atoms with Crippen molar-refractivity contribution in [3.63, 3.8) is 0 Å². The van der Waals surface area contributed by atoms with Crippen LogP contribution in [0.4, 0.5) is 0 Å². The molecule has 0 aromatic carbocycles. The summed E-state index contributed by atoms with van der Waals surface area (Å²) in [7, 11) is 3.07. The zero-order chi connectivity index (χ0) is 12.4. The molecule has 0 saturated carbocycles. The zero-order valence-corrected chi connectivity index (χ0v) is 10.2. The number of fused-ring (bicyclic) bond motifs is 1. The molecule has 0 spiro atoms. The highest BCUT2D eigenvalue weighted by Crippen LogP contribution is 2.19. The third kappa shape index (κ3) is 1.98. The Labute approximate surface area is 102 Å². The van der Waals surface area contributed by atoms with E-state index in [1.165, 1.54) is 13.4 Å². The van der Waals surface area contributed by atoms with Gasteiger partial charge in [-0.3, -0.25) is 9.36 Å². The van der Waals surface area contributed by atoms with Gasteiger partial charge in [-0.1, -0.05) is 0 Å². The first-order valence-electron chi connectivity index (χ1n) is 4.85. The second-order valence-corrected chi connectivity index (χ2v) is 3.66. The second-order valence-electron chi connectivity index (χ2n) is 3.27. The van der Waals surface area contributed by atoms with E-state index < -0.39 is 0 Å². The Morgan fingerprint density at radius 1 is 1.65 bits per heavy atom. The third-order valence-corrected chi connectivity index (χ3v) is 2.62. The highest BCUT2D eigenvalue weighted by molar-refractivity contribution is 7.71. The summed E-state index contributed by atoms with van der Waals surface area (Å²) in [6.07, 6.45) is 1.37. The largest absolute Gasteiger partial charge is 0.479 e. The molecule has 2 aromatic heterocycles. The van der Waals surface area contributed by atoms with Gasteiger partial charge in [0.15, 0.2) is 10.4 Å². The molecule has 2 heterocycles. The molecular weight excluding hydrogens is 242 g/mol. The van der Waals surface area contributed by atoms with E-state index in [0.717, 1.165) is 0 Å². The van der Waals surface area contributed by atoms with Gasteiger partial charge in [0.1, 0.15) is 18.4 Å². The van der Waals surface area contributed by atoms with Crippen LogP contribution in [0.2, 0.25) is 0 Å². The molecule has 0 bridgehead atoms. The molecule has 2 aromatic rings. The van der Waals surface area contributed by atoms with Crippen LogP contribution in [-0.4, -0.2) is 39.6 Å².